The van der Waals surface area contributed by atoms with Crippen LogP contribution in [0, 0.1) is 0 Å². The number of benzene rings is 1. The highest BCUT2D eigenvalue weighted by Crippen LogP contribution is 2.34. The summed E-state index contributed by atoms with van der Waals surface area (Å²) in [6.07, 6.45) is 3.13. The van der Waals surface area contributed by atoms with Gasteiger partial charge in [-0.1, -0.05) is 18.5 Å². The summed E-state index contributed by atoms with van der Waals surface area (Å²) in [5.74, 6) is 1.46. The molecule has 3 rings (SSSR count). The van der Waals surface area contributed by atoms with Crippen molar-refractivity contribution < 1.29 is 14.3 Å². The first-order chi connectivity index (χ1) is 12.6. The molecule has 1 aliphatic heterocycles. The van der Waals surface area contributed by atoms with E-state index in [1.165, 1.54) is 0 Å². The topological polar surface area (TPSA) is 62.8 Å². The van der Waals surface area contributed by atoms with Crippen LogP contribution in [0.5, 0.6) is 11.5 Å². The standard InChI is InChI=1S/C19H28ClN3O3/c1-3-8-26-18-10-15(20)13(9-17(18)25-2)11-23-7-6-21-16(12-23)19(24)22-14-4-5-14/h9-10,14,16,21H,3-8,11-12H2,1-2H3,(H,22,24)/t16-/m0/s1. The molecule has 1 amide bonds. The van der Waals surface area contributed by atoms with Gasteiger partial charge in [0.25, 0.3) is 0 Å². The number of methoxy groups -OCH3 is 1. The molecule has 1 aromatic carbocycles. The van der Waals surface area contributed by atoms with Crippen LogP contribution in [0.3, 0.4) is 0 Å². The molecule has 0 spiro atoms. The van der Waals surface area contributed by atoms with Crippen LogP contribution in [0.2, 0.25) is 5.02 Å². The number of piperazine rings is 1. The van der Waals surface area contributed by atoms with Gasteiger partial charge >= 0.3 is 0 Å². The van der Waals surface area contributed by atoms with Gasteiger partial charge in [-0.05, 0) is 30.9 Å². The fourth-order valence-corrected chi connectivity index (χ4v) is 3.30. The first-order valence-electron chi connectivity index (χ1n) is 9.36. The van der Waals surface area contributed by atoms with Crippen molar-refractivity contribution in [2.45, 2.75) is 44.8 Å². The maximum atomic E-state index is 12.3. The fraction of sp³-hybridized carbons (Fsp3) is 0.632. The Morgan fingerprint density at radius 3 is 2.88 bits per heavy atom. The van der Waals surface area contributed by atoms with Crippen LogP contribution in [0.1, 0.15) is 31.7 Å². The summed E-state index contributed by atoms with van der Waals surface area (Å²) in [5, 5.41) is 7.04. The average Bonchev–Trinajstić information content (AvgIpc) is 3.46. The van der Waals surface area contributed by atoms with Gasteiger partial charge in [-0.15, -0.1) is 0 Å². The summed E-state index contributed by atoms with van der Waals surface area (Å²) in [4.78, 5) is 14.5. The SMILES string of the molecule is CCCOc1cc(Cl)c(CN2CCN[C@H](C(=O)NC3CC3)C2)cc1OC. The van der Waals surface area contributed by atoms with Gasteiger partial charge in [-0.25, -0.2) is 0 Å². The molecule has 1 heterocycles. The Bertz CT molecular complexity index is 637. The number of halogens is 1. The molecule has 1 saturated carbocycles. The van der Waals surface area contributed by atoms with Crippen LogP contribution in [0.15, 0.2) is 12.1 Å². The molecule has 1 saturated heterocycles. The number of nitrogens with one attached hydrogen (secondary N) is 2. The van der Waals surface area contributed by atoms with E-state index in [1.807, 2.05) is 12.1 Å². The lowest BCUT2D eigenvalue weighted by Gasteiger charge is -2.33. The molecule has 0 radical (unpaired) electrons. The van der Waals surface area contributed by atoms with Gasteiger partial charge in [0, 0.05) is 43.3 Å². The molecule has 26 heavy (non-hydrogen) atoms. The highest BCUT2D eigenvalue weighted by Gasteiger charge is 2.30. The molecular weight excluding hydrogens is 354 g/mol. The Hall–Kier alpha value is -1.50. The van der Waals surface area contributed by atoms with Gasteiger partial charge in [0.05, 0.1) is 19.8 Å². The van der Waals surface area contributed by atoms with E-state index >= 15 is 0 Å². The molecule has 0 aromatic heterocycles. The lowest BCUT2D eigenvalue weighted by molar-refractivity contribution is -0.124. The van der Waals surface area contributed by atoms with E-state index in [-0.39, 0.29) is 11.9 Å². The molecular formula is C19H28ClN3O3. The van der Waals surface area contributed by atoms with Crippen LogP contribution in [-0.4, -0.2) is 56.2 Å². The normalized spacial score (nSPS) is 20.7. The third kappa shape index (κ3) is 5.02. The zero-order valence-electron chi connectivity index (χ0n) is 15.5. The number of carbonyl (C=O) groups is 1. The number of nitrogens with zero attached hydrogens (tertiary/aromatic N) is 1. The third-order valence-corrected chi connectivity index (χ3v) is 5.04. The zero-order chi connectivity index (χ0) is 18.5. The molecule has 2 N–H and O–H groups in total. The molecule has 7 heteroatoms. The molecule has 0 bridgehead atoms. The van der Waals surface area contributed by atoms with E-state index in [1.54, 1.807) is 7.11 Å². The van der Waals surface area contributed by atoms with Gasteiger partial charge in [0.2, 0.25) is 5.91 Å². The second-order valence-electron chi connectivity index (χ2n) is 6.97. The number of hydrogen-bond acceptors (Lipinski definition) is 5. The fourth-order valence-electron chi connectivity index (χ4n) is 3.08. The molecule has 144 valence electrons. The maximum Gasteiger partial charge on any atom is 0.238 e. The maximum absolute atomic E-state index is 12.3. The molecule has 0 unspecified atom stereocenters. The second kappa shape index (κ2) is 8.93. The quantitative estimate of drug-likeness (QED) is 0.722. The van der Waals surface area contributed by atoms with Crippen LogP contribution in [0.4, 0.5) is 0 Å². The second-order valence-corrected chi connectivity index (χ2v) is 7.37. The highest BCUT2D eigenvalue weighted by molar-refractivity contribution is 6.31. The van der Waals surface area contributed by atoms with Crippen LogP contribution in [-0.2, 0) is 11.3 Å². The van der Waals surface area contributed by atoms with Crippen molar-refractivity contribution in [2.24, 2.45) is 0 Å². The van der Waals surface area contributed by atoms with Crippen molar-refractivity contribution in [3.05, 3.63) is 22.7 Å². The van der Waals surface area contributed by atoms with E-state index < -0.39 is 0 Å². The van der Waals surface area contributed by atoms with Crippen LogP contribution < -0.4 is 20.1 Å². The predicted molar refractivity (Wildman–Crippen MR) is 102 cm³/mol. The van der Waals surface area contributed by atoms with Gasteiger partial charge in [0.1, 0.15) is 0 Å². The Morgan fingerprint density at radius 2 is 2.19 bits per heavy atom. The molecule has 1 atom stereocenters. The number of ether oxygens (including phenoxy) is 2. The number of amides is 1. The van der Waals surface area contributed by atoms with Gasteiger partial charge in [0.15, 0.2) is 11.5 Å². The molecule has 2 aliphatic rings. The van der Waals surface area contributed by atoms with E-state index in [0.29, 0.717) is 42.3 Å². The van der Waals surface area contributed by atoms with Gasteiger partial charge < -0.3 is 20.1 Å². The number of rotatable bonds is 8. The first kappa shape index (κ1) is 19.3. The number of carbonyl (C=O) groups excluding carboxylic acids is 1. The van der Waals surface area contributed by atoms with Gasteiger partial charge in [-0.3, -0.25) is 9.69 Å². The predicted octanol–water partition coefficient (Wildman–Crippen LogP) is 2.19. The van der Waals surface area contributed by atoms with Crippen LogP contribution in [0.25, 0.3) is 0 Å². The summed E-state index contributed by atoms with van der Waals surface area (Å²) >= 11 is 6.48. The summed E-state index contributed by atoms with van der Waals surface area (Å²) < 4.78 is 11.2. The molecule has 1 aliphatic carbocycles. The van der Waals surface area contributed by atoms with Crippen molar-refractivity contribution in [1.29, 1.82) is 0 Å². The van der Waals surface area contributed by atoms with E-state index in [0.717, 1.165) is 37.9 Å². The van der Waals surface area contributed by atoms with Crippen molar-refractivity contribution in [2.75, 3.05) is 33.4 Å². The minimum Gasteiger partial charge on any atom is -0.493 e. The van der Waals surface area contributed by atoms with E-state index in [4.69, 9.17) is 21.1 Å². The summed E-state index contributed by atoms with van der Waals surface area (Å²) in [6.45, 7) is 5.70. The Balaban J connectivity index is 1.64. The summed E-state index contributed by atoms with van der Waals surface area (Å²) in [6, 6.07) is 3.98. The zero-order valence-corrected chi connectivity index (χ0v) is 16.3. The molecule has 1 aromatic rings. The van der Waals surface area contributed by atoms with E-state index in [9.17, 15) is 4.79 Å². The highest BCUT2D eigenvalue weighted by atomic mass is 35.5. The Kier molecular flexibility index (Phi) is 6.62. The minimum absolute atomic E-state index is 0.101. The minimum atomic E-state index is -0.169. The third-order valence-electron chi connectivity index (χ3n) is 4.69. The van der Waals surface area contributed by atoms with Crippen molar-refractivity contribution in [1.82, 2.24) is 15.5 Å². The largest absolute Gasteiger partial charge is 0.493 e. The summed E-state index contributed by atoms with van der Waals surface area (Å²) in [7, 11) is 1.63. The van der Waals surface area contributed by atoms with Crippen molar-refractivity contribution in [3.63, 3.8) is 0 Å². The monoisotopic (exact) mass is 381 g/mol. The van der Waals surface area contributed by atoms with Gasteiger partial charge in [-0.2, -0.15) is 0 Å². The average molecular weight is 382 g/mol. The first-order valence-corrected chi connectivity index (χ1v) is 9.73. The number of hydrogen-bond donors (Lipinski definition) is 2. The lowest BCUT2D eigenvalue weighted by Crippen LogP contribution is -2.57. The smallest absolute Gasteiger partial charge is 0.238 e. The summed E-state index contributed by atoms with van der Waals surface area (Å²) in [5.41, 5.74) is 0.982. The van der Waals surface area contributed by atoms with Crippen molar-refractivity contribution >= 4 is 17.5 Å². The molecule has 2 fully saturated rings. The van der Waals surface area contributed by atoms with Crippen LogP contribution >= 0.6 is 11.6 Å². The lowest BCUT2D eigenvalue weighted by atomic mass is 10.1. The Morgan fingerprint density at radius 1 is 1.38 bits per heavy atom. The van der Waals surface area contributed by atoms with E-state index in [2.05, 4.69) is 22.5 Å². The van der Waals surface area contributed by atoms with Crippen molar-refractivity contribution in [3.8, 4) is 11.5 Å². The molecule has 6 nitrogen and oxygen atoms in total. The Labute approximate surface area is 160 Å².